The Morgan fingerprint density at radius 2 is 1.87 bits per heavy atom. The lowest BCUT2D eigenvalue weighted by atomic mass is 10.3. The van der Waals surface area contributed by atoms with E-state index < -0.39 is 6.16 Å². The summed E-state index contributed by atoms with van der Waals surface area (Å²) in [6, 6.07) is 0. The van der Waals surface area contributed by atoms with Gasteiger partial charge in [-0.2, -0.15) is 0 Å². The van der Waals surface area contributed by atoms with Gasteiger partial charge >= 0.3 is 15.9 Å². The van der Waals surface area contributed by atoms with E-state index >= 15 is 0 Å². The Labute approximate surface area is 95.5 Å². The highest BCUT2D eigenvalue weighted by molar-refractivity contribution is 6.32. The maximum atomic E-state index is 11.1. The zero-order valence-corrected chi connectivity index (χ0v) is 11.0. The molecule has 0 aromatic heterocycles. The fourth-order valence-electron chi connectivity index (χ4n) is 1.12. The number of ether oxygens (including phenoxy) is 1. The number of carbonyl (C=O) groups is 1. The van der Waals surface area contributed by atoms with Crippen LogP contribution in [0.2, 0.25) is 5.54 Å². The summed E-state index contributed by atoms with van der Waals surface area (Å²) in [6.45, 7) is 6.82. The minimum atomic E-state index is -0.503. The van der Waals surface area contributed by atoms with Gasteiger partial charge in [-0.3, -0.25) is 0 Å². The summed E-state index contributed by atoms with van der Waals surface area (Å²) in [5, 5.41) is 0. The van der Waals surface area contributed by atoms with Crippen LogP contribution in [-0.2, 0) is 9.16 Å². The third-order valence-corrected chi connectivity index (χ3v) is 3.70. The predicted molar refractivity (Wildman–Crippen MR) is 62.0 cm³/mol. The van der Waals surface area contributed by atoms with Crippen molar-refractivity contribution >= 4 is 15.9 Å². The first kappa shape index (κ1) is 14.5. The monoisotopic (exact) mass is 230 g/mol. The summed E-state index contributed by atoms with van der Waals surface area (Å²) >= 11 is 0. The van der Waals surface area contributed by atoms with E-state index in [1.165, 1.54) is 0 Å². The summed E-state index contributed by atoms with van der Waals surface area (Å²) in [7, 11) is 0.241. The van der Waals surface area contributed by atoms with Crippen molar-refractivity contribution in [1.29, 1.82) is 0 Å². The van der Waals surface area contributed by atoms with Crippen LogP contribution in [0.4, 0.5) is 4.79 Å². The fourth-order valence-corrected chi connectivity index (χ4v) is 1.78. The molecule has 0 aliphatic rings. The van der Waals surface area contributed by atoms with Crippen molar-refractivity contribution in [3.63, 3.8) is 0 Å². The van der Waals surface area contributed by atoms with Crippen molar-refractivity contribution in [3.8, 4) is 0 Å². The number of carbonyl (C=O) groups excluding carboxylic acids is 1. The maximum absolute atomic E-state index is 11.1. The molecular formula is C11H22O3Si. The molecule has 4 heteroatoms. The normalized spacial score (nSPS) is 10.4. The van der Waals surface area contributed by atoms with Gasteiger partial charge in [0.1, 0.15) is 0 Å². The molecule has 0 N–H and O–H groups in total. The highest BCUT2D eigenvalue weighted by Crippen LogP contribution is 2.13. The second kappa shape index (κ2) is 10.0. The molecule has 0 aliphatic carbocycles. The van der Waals surface area contributed by atoms with Crippen LogP contribution in [-0.4, -0.2) is 22.5 Å². The van der Waals surface area contributed by atoms with E-state index in [0.717, 1.165) is 32.1 Å². The van der Waals surface area contributed by atoms with Crippen molar-refractivity contribution in [3.05, 3.63) is 0 Å². The van der Waals surface area contributed by atoms with E-state index in [9.17, 15) is 4.79 Å². The minimum absolute atomic E-state index is 0.241. The van der Waals surface area contributed by atoms with E-state index in [-0.39, 0.29) is 9.76 Å². The first-order chi connectivity index (χ1) is 7.24. The van der Waals surface area contributed by atoms with Gasteiger partial charge in [0.2, 0.25) is 0 Å². The van der Waals surface area contributed by atoms with Gasteiger partial charge in [-0.1, -0.05) is 46.5 Å². The molecule has 0 heterocycles. The third kappa shape index (κ3) is 8.48. The summed E-state index contributed by atoms with van der Waals surface area (Å²) in [5.41, 5.74) is 0.494. The lowest BCUT2D eigenvalue weighted by Gasteiger charge is -2.10. The highest BCUT2D eigenvalue weighted by atomic mass is 28.2. The summed E-state index contributed by atoms with van der Waals surface area (Å²) < 4.78 is 9.96. The largest absolute Gasteiger partial charge is 0.494 e. The van der Waals surface area contributed by atoms with Crippen molar-refractivity contribution in [2.45, 2.75) is 58.4 Å². The molecule has 88 valence electrons. The Kier molecular flexibility index (Phi) is 9.68. The summed E-state index contributed by atoms with van der Waals surface area (Å²) in [6.07, 6.45) is 4.77. The van der Waals surface area contributed by atoms with Gasteiger partial charge < -0.3 is 9.16 Å². The Morgan fingerprint density at radius 1 is 1.20 bits per heavy atom. The average molecular weight is 230 g/mol. The van der Waals surface area contributed by atoms with Crippen LogP contribution in [0.15, 0.2) is 0 Å². The SMILES string of the molecule is CCCCCOC(=O)O[Si]C(CC)CC. The van der Waals surface area contributed by atoms with E-state index in [0.29, 0.717) is 12.1 Å². The molecule has 0 fully saturated rings. The van der Waals surface area contributed by atoms with E-state index in [1.54, 1.807) is 0 Å². The molecule has 0 aromatic rings. The second-order valence-electron chi connectivity index (χ2n) is 3.54. The molecule has 0 spiro atoms. The van der Waals surface area contributed by atoms with Crippen LogP contribution >= 0.6 is 0 Å². The molecule has 0 bridgehead atoms. The Bertz CT molecular complexity index is 158. The first-order valence-electron chi connectivity index (χ1n) is 5.83. The first-order valence-corrected chi connectivity index (χ1v) is 6.82. The molecule has 2 radical (unpaired) electrons. The molecule has 0 amide bonds. The van der Waals surface area contributed by atoms with E-state index in [2.05, 4.69) is 20.8 Å². The molecule has 0 aliphatic heterocycles. The number of unbranched alkanes of at least 4 members (excludes halogenated alkanes) is 2. The predicted octanol–water partition coefficient (Wildman–Crippen LogP) is 3.56. The zero-order valence-electron chi connectivity index (χ0n) is 10.0. The topological polar surface area (TPSA) is 35.5 Å². The summed E-state index contributed by atoms with van der Waals surface area (Å²) in [5.74, 6) is 0. The van der Waals surface area contributed by atoms with Gasteiger partial charge in [0, 0.05) is 0 Å². The van der Waals surface area contributed by atoms with Crippen LogP contribution in [0, 0.1) is 0 Å². The molecule has 0 aromatic carbocycles. The van der Waals surface area contributed by atoms with Crippen LogP contribution in [0.3, 0.4) is 0 Å². The van der Waals surface area contributed by atoms with Crippen molar-refractivity contribution in [1.82, 2.24) is 0 Å². The van der Waals surface area contributed by atoms with Crippen molar-refractivity contribution < 1.29 is 14.0 Å². The highest BCUT2D eigenvalue weighted by Gasteiger charge is 2.11. The smallest absolute Gasteiger partial charge is 0.486 e. The van der Waals surface area contributed by atoms with Crippen molar-refractivity contribution in [2.75, 3.05) is 6.61 Å². The van der Waals surface area contributed by atoms with Crippen LogP contribution in [0.25, 0.3) is 0 Å². The second-order valence-corrected chi connectivity index (χ2v) is 4.80. The maximum Gasteiger partial charge on any atom is 0.494 e. The lowest BCUT2D eigenvalue weighted by molar-refractivity contribution is 0.0981. The van der Waals surface area contributed by atoms with Crippen LogP contribution in [0.1, 0.15) is 52.9 Å². The van der Waals surface area contributed by atoms with Gasteiger partial charge in [-0.25, -0.2) is 4.79 Å². The molecule has 0 atom stereocenters. The zero-order chi connectivity index (χ0) is 11.5. The van der Waals surface area contributed by atoms with Gasteiger partial charge in [0.15, 0.2) is 0 Å². The number of hydrogen-bond acceptors (Lipinski definition) is 3. The Hall–Kier alpha value is -0.513. The molecule has 15 heavy (non-hydrogen) atoms. The minimum Gasteiger partial charge on any atom is -0.486 e. The third-order valence-electron chi connectivity index (χ3n) is 2.26. The molecule has 0 saturated heterocycles. The van der Waals surface area contributed by atoms with Gasteiger partial charge in [-0.05, 0) is 12.0 Å². The fraction of sp³-hybridized carbons (Fsp3) is 0.909. The van der Waals surface area contributed by atoms with E-state index in [4.69, 9.17) is 9.16 Å². The number of rotatable bonds is 8. The Balaban J connectivity index is 3.40. The molecule has 0 saturated carbocycles. The van der Waals surface area contributed by atoms with E-state index in [1.807, 2.05) is 0 Å². The molecular weight excluding hydrogens is 208 g/mol. The van der Waals surface area contributed by atoms with Gasteiger partial charge in [0.25, 0.3) is 0 Å². The quantitative estimate of drug-likeness (QED) is 0.363. The van der Waals surface area contributed by atoms with Crippen molar-refractivity contribution in [2.24, 2.45) is 0 Å². The summed E-state index contributed by atoms with van der Waals surface area (Å²) in [4.78, 5) is 11.1. The molecule has 0 rings (SSSR count). The standard InChI is InChI=1S/C11H22O3Si/c1-4-7-8-9-13-11(12)14-15-10(5-2)6-3/h10H,4-9H2,1-3H3. The average Bonchev–Trinajstić information content (AvgIpc) is 2.26. The number of hydrogen-bond donors (Lipinski definition) is 0. The van der Waals surface area contributed by atoms with Gasteiger partial charge in [0.05, 0.1) is 6.61 Å². The lowest BCUT2D eigenvalue weighted by Crippen LogP contribution is -2.15. The molecule has 3 nitrogen and oxygen atoms in total. The Morgan fingerprint density at radius 3 is 2.40 bits per heavy atom. The van der Waals surface area contributed by atoms with Crippen LogP contribution in [0.5, 0.6) is 0 Å². The van der Waals surface area contributed by atoms with Crippen LogP contribution < -0.4 is 0 Å². The molecule has 0 unspecified atom stereocenters. The van der Waals surface area contributed by atoms with Gasteiger partial charge in [-0.15, -0.1) is 0 Å².